The fraction of sp³-hybridized carbons (Fsp3) is 0.149. The van der Waals surface area contributed by atoms with E-state index in [2.05, 4.69) is 153 Å². The Hall–Kier alpha value is -5.78. The number of nitrogens with zero attached hydrogens (tertiary/aromatic N) is 3. The quantitative estimate of drug-likeness (QED) is 0.161. The molecule has 0 saturated carbocycles. The molecule has 0 bridgehead atoms. The third-order valence-electron chi connectivity index (χ3n) is 9.91. The highest BCUT2D eigenvalue weighted by Crippen LogP contribution is 2.41. The molecule has 52 heavy (non-hydrogen) atoms. The van der Waals surface area contributed by atoms with Gasteiger partial charge in [-0.05, 0) is 87.6 Å². The normalized spacial score (nSPS) is 11.9. The summed E-state index contributed by atoms with van der Waals surface area (Å²) >= 11 is 0. The van der Waals surface area contributed by atoms with Gasteiger partial charge in [0.1, 0.15) is 11.6 Å². The minimum Gasteiger partial charge on any atom is -0.507 e. The second-order valence-electron chi connectivity index (χ2n) is 15.2. The van der Waals surface area contributed by atoms with E-state index in [4.69, 9.17) is 9.97 Å². The van der Waals surface area contributed by atoms with Crippen LogP contribution >= 0.6 is 0 Å². The van der Waals surface area contributed by atoms with Crippen molar-refractivity contribution in [2.45, 2.75) is 39.9 Å². The van der Waals surface area contributed by atoms with Crippen molar-refractivity contribution in [3.8, 4) is 56.3 Å². The monoisotopic (exact) mass is 693 g/mol. The number of phenols is 1. The Bertz CT molecular complexity index is 2560. The van der Waals surface area contributed by atoms with Crippen LogP contribution < -0.4 is 5.19 Å². The lowest BCUT2D eigenvalue weighted by Gasteiger charge is -2.16. The summed E-state index contributed by atoms with van der Waals surface area (Å²) in [5.41, 5.74) is 11.1. The van der Waals surface area contributed by atoms with E-state index in [0.29, 0.717) is 17.3 Å². The number of hydrogen-bond donors (Lipinski definition) is 1. The molecule has 0 saturated heterocycles. The van der Waals surface area contributed by atoms with E-state index >= 15 is 0 Å². The van der Waals surface area contributed by atoms with Gasteiger partial charge in [-0.15, -0.1) is 0 Å². The number of aromatic nitrogens is 3. The van der Waals surface area contributed by atoms with Gasteiger partial charge in [-0.1, -0.05) is 131 Å². The first-order valence-corrected chi connectivity index (χ1v) is 21.6. The number of hydrogen-bond acceptors (Lipinski definition) is 3. The van der Waals surface area contributed by atoms with Gasteiger partial charge < -0.3 is 5.11 Å². The van der Waals surface area contributed by atoms with Crippen LogP contribution in [0.5, 0.6) is 5.75 Å². The fourth-order valence-corrected chi connectivity index (χ4v) is 8.29. The second-order valence-corrected chi connectivity index (χ2v) is 20.3. The van der Waals surface area contributed by atoms with Crippen molar-refractivity contribution >= 4 is 35.1 Å². The highest BCUT2D eigenvalue weighted by atomic mass is 28.3. The van der Waals surface area contributed by atoms with E-state index in [1.54, 1.807) is 6.07 Å². The molecule has 2 aromatic heterocycles. The summed E-state index contributed by atoms with van der Waals surface area (Å²) in [6.07, 6.45) is 2.98. The topological polar surface area (TPSA) is 50.9 Å². The average Bonchev–Trinajstić information content (AvgIpc) is 3.53. The van der Waals surface area contributed by atoms with Gasteiger partial charge in [-0.2, -0.15) is 0 Å². The summed E-state index contributed by atoms with van der Waals surface area (Å²) in [6.45, 7) is 11.6. The molecule has 0 fully saturated rings. The van der Waals surface area contributed by atoms with Crippen molar-refractivity contribution in [2.24, 2.45) is 5.92 Å². The lowest BCUT2D eigenvalue weighted by Crippen LogP contribution is -2.37. The summed E-state index contributed by atoms with van der Waals surface area (Å²) < 4.78 is 2.26. The van der Waals surface area contributed by atoms with Crippen molar-refractivity contribution in [1.29, 1.82) is 0 Å². The van der Waals surface area contributed by atoms with Gasteiger partial charge in [0.15, 0.2) is 0 Å². The largest absolute Gasteiger partial charge is 0.507 e. The zero-order valence-electron chi connectivity index (χ0n) is 30.4. The number of aromatic hydroxyl groups is 1. The molecule has 5 heteroatoms. The number of benzene rings is 6. The van der Waals surface area contributed by atoms with Crippen LogP contribution in [0.4, 0.5) is 0 Å². The minimum atomic E-state index is -1.47. The molecule has 256 valence electrons. The number of fused-ring (bicyclic) bond motifs is 2. The SMILES string of the molecule is CC(C)Cc1cc(-c2cccc(-c3ccc([Si](C)(C)C)cn3)c2)c2nc(-c3cc(-c4ccccc4)ccc3O)n(-c3cccc4ccccc34)c2c1. The Morgan fingerprint density at radius 3 is 2.15 bits per heavy atom. The standard InChI is InChI=1S/C47H43N3OSi/c1-31(2)25-32-26-40(36-17-11-18-37(28-36)42-23-22-38(30-48-42)52(3,4)5)46-44(27-32)50(43-20-12-16-34-15-9-10-19-39(34)43)47(49-46)41-29-35(21-24-45(41)51)33-13-7-6-8-14-33/h6-24,26-31,51H,25H2,1-5H3. The number of phenolic OH excluding ortho intramolecular Hbond substituents is 1. The summed E-state index contributed by atoms with van der Waals surface area (Å²) in [7, 11) is -1.47. The molecular weight excluding hydrogens is 651 g/mol. The average molecular weight is 694 g/mol. The van der Waals surface area contributed by atoms with Crippen molar-refractivity contribution in [2.75, 3.05) is 0 Å². The highest BCUT2D eigenvalue weighted by Gasteiger charge is 2.23. The van der Waals surface area contributed by atoms with E-state index in [0.717, 1.165) is 67.4 Å². The van der Waals surface area contributed by atoms with E-state index < -0.39 is 8.07 Å². The van der Waals surface area contributed by atoms with Crippen LogP contribution in [0.25, 0.3) is 72.4 Å². The highest BCUT2D eigenvalue weighted by molar-refractivity contribution is 6.88. The summed E-state index contributed by atoms with van der Waals surface area (Å²) in [5.74, 6) is 1.35. The van der Waals surface area contributed by atoms with Gasteiger partial charge in [-0.3, -0.25) is 9.55 Å². The molecule has 1 N–H and O–H groups in total. The molecule has 8 rings (SSSR count). The number of rotatable bonds is 8. The molecule has 6 aromatic carbocycles. The van der Waals surface area contributed by atoms with Crippen molar-refractivity contribution in [3.05, 3.63) is 151 Å². The maximum absolute atomic E-state index is 11.6. The van der Waals surface area contributed by atoms with Crippen molar-refractivity contribution < 1.29 is 5.11 Å². The fourth-order valence-electron chi connectivity index (χ4n) is 7.25. The van der Waals surface area contributed by atoms with Crippen LogP contribution in [0, 0.1) is 5.92 Å². The third-order valence-corrected chi connectivity index (χ3v) is 11.9. The predicted molar refractivity (Wildman–Crippen MR) is 221 cm³/mol. The van der Waals surface area contributed by atoms with E-state index in [1.165, 1.54) is 10.8 Å². The van der Waals surface area contributed by atoms with E-state index in [1.807, 2.05) is 24.3 Å². The Morgan fingerprint density at radius 1 is 0.654 bits per heavy atom. The van der Waals surface area contributed by atoms with Crippen molar-refractivity contribution in [3.63, 3.8) is 0 Å². The van der Waals surface area contributed by atoms with E-state index in [9.17, 15) is 5.11 Å². The van der Waals surface area contributed by atoms with Crippen LogP contribution in [0.2, 0.25) is 19.6 Å². The molecule has 2 heterocycles. The number of pyridine rings is 1. The molecule has 0 aliphatic rings. The second kappa shape index (κ2) is 13.4. The van der Waals surface area contributed by atoms with Gasteiger partial charge in [0, 0.05) is 22.7 Å². The molecule has 0 aliphatic carbocycles. The predicted octanol–water partition coefficient (Wildman–Crippen LogP) is 11.7. The maximum atomic E-state index is 11.6. The van der Waals surface area contributed by atoms with Gasteiger partial charge in [0.2, 0.25) is 0 Å². The van der Waals surface area contributed by atoms with Gasteiger partial charge in [-0.25, -0.2) is 4.98 Å². The van der Waals surface area contributed by atoms with Crippen LogP contribution in [0.15, 0.2) is 146 Å². The van der Waals surface area contributed by atoms with Crippen LogP contribution in [-0.2, 0) is 6.42 Å². The zero-order valence-corrected chi connectivity index (χ0v) is 31.4. The molecule has 0 spiro atoms. The summed E-state index contributed by atoms with van der Waals surface area (Å²) in [6, 6.07) is 48.7. The number of imidazole rings is 1. The van der Waals surface area contributed by atoms with Crippen LogP contribution in [0.3, 0.4) is 0 Å². The van der Waals surface area contributed by atoms with Crippen LogP contribution in [-0.4, -0.2) is 27.7 Å². The summed E-state index contributed by atoms with van der Waals surface area (Å²) in [5, 5.41) is 15.2. The molecule has 0 unspecified atom stereocenters. The maximum Gasteiger partial charge on any atom is 0.149 e. The lowest BCUT2D eigenvalue weighted by atomic mass is 9.95. The zero-order chi connectivity index (χ0) is 36.0. The van der Waals surface area contributed by atoms with Gasteiger partial charge in [0.25, 0.3) is 0 Å². The Kier molecular flexibility index (Phi) is 8.60. The summed E-state index contributed by atoms with van der Waals surface area (Å²) in [4.78, 5) is 10.4. The first-order valence-electron chi connectivity index (χ1n) is 18.1. The first kappa shape index (κ1) is 33.4. The Labute approximate surface area is 307 Å². The smallest absolute Gasteiger partial charge is 0.149 e. The van der Waals surface area contributed by atoms with Gasteiger partial charge in [0.05, 0.1) is 36.1 Å². The van der Waals surface area contributed by atoms with E-state index in [-0.39, 0.29) is 5.75 Å². The molecule has 0 atom stereocenters. The third kappa shape index (κ3) is 6.33. The molecular formula is C47H43N3OSi. The molecule has 4 nitrogen and oxygen atoms in total. The first-order chi connectivity index (χ1) is 25.1. The van der Waals surface area contributed by atoms with Crippen molar-refractivity contribution in [1.82, 2.24) is 14.5 Å². The van der Waals surface area contributed by atoms with Crippen LogP contribution in [0.1, 0.15) is 19.4 Å². The molecule has 0 radical (unpaired) electrons. The molecule has 0 amide bonds. The molecule has 0 aliphatic heterocycles. The minimum absolute atomic E-state index is 0.190. The Balaban J connectivity index is 1.41. The molecule has 8 aromatic rings. The Morgan fingerprint density at radius 2 is 1.38 bits per heavy atom. The van der Waals surface area contributed by atoms with Gasteiger partial charge >= 0.3 is 0 Å². The lowest BCUT2D eigenvalue weighted by molar-refractivity contribution is 0.477.